The maximum Gasteiger partial charge on any atom is 0.201 e. The van der Waals surface area contributed by atoms with Crippen LogP contribution in [0.4, 0.5) is 0 Å². The van der Waals surface area contributed by atoms with E-state index in [4.69, 9.17) is 0 Å². The molecule has 4 N–H and O–H groups in total. The normalized spacial score (nSPS) is 11.4. The van der Waals surface area contributed by atoms with Crippen molar-refractivity contribution in [3.05, 3.63) is 109 Å². The van der Waals surface area contributed by atoms with Crippen LogP contribution in [0.5, 0.6) is 23.0 Å². The predicted octanol–water partition coefficient (Wildman–Crippen LogP) is 10.7. The SMILES string of the molecule is CC.Oc1c(O)c(-c2ccc3c4ccccc4c4ccccc4c3c2)c(O)c(-c2cccc3c2sc2ccccc23)c1O. The van der Waals surface area contributed by atoms with Crippen LogP contribution < -0.4 is 0 Å². The molecule has 8 rings (SSSR count). The predicted molar refractivity (Wildman–Crippen MR) is 181 cm³/mol. The van der Waals surface area contributed by atoms with E-state index in [-0.39, 0.29) is 16.9 Å². The highest BCUT2D eigenvalue weighted by molar-refractivity contribution is 7.26. The van der Waals surface area contributed by atoms with E-state index in [1.54, 1.807) is 11.3 Å². The van der Waals surface area contributed by atoms with Gasteiger partial charge in [0, 0.05) is 25.7 Å². The summed E-state index contributed by atoms with van der Waals surface area (Å²) in [5.74, 6) is -2.11. The highest BCUT2D eigenvalue weighted by atomic mass is 32.1. The molecule has 0 unspecified atom stereocenters. The van der Waals surface area contributed by atoms with Crippen LogP contribution in [0.1, 0.15) is 13.8 Å². The van der Waals surface area contributed by atoms with Crippen molar-refractivity contribution >= 4 is 63.8 Å². The molecule has 5 heteroatoms. The van der Waals surface area contributed by atoms with Crippen LogP contribution in [0, 0.1) is 0 Å². The van der Waals surface area contributed by atoms with Gasteiger partial charge >= 0.3 is 0 Å². The molecule has 1 aromatic heterocycles. The molecule has 0 saturated heterocycles. The molecule has 8 aromatic rings. The Morgan fingerprint density at radius 3 is 1.58 bits per heavy atom. The van der Waals surface area contributed by atoms with E-state index in [1.165, 1.54) is 0 Å². The number of fused-ring (bicyclic) bond motifs is 9. The zero-order valence-electron chi connectivity index (χ0n) is 23.6. The van der Waals surface area contributed by atoms with Crippen LogP contribution in [-0.2, 0) is 0 Å². The van der Waals surface area contributed by atoms with Crippen molar-refractivity contribution in [1.29, 1.82) is 0 Å². The quantitative estimate of drug-likeness (QED) is 0.0931. The van der Waals surface area contributed by atoms with Crippen molar-refractivity contribution in [3.63, 3.8) is 0 Å². The van der Waals surface area contributed by atoms with Gasteiger partial charge in [0.2, 0.25) is 5.75 Å². The zero-order valence-corrected chi connectivity index (χ0v) is 24.4. The lowest BCUT2D eigenvalue weighted by Crippen LogP contribution is -1.90. The lowest BCUT2D eigenvalue weighted by atomic mass is 9.90. The van der Waals surface area contributed by atoms with Gasteiger partial charge in [-0.15, -0.1) is 11.3 Å². The van der Waals surface area contributed by atoms with Gasteiger partial charge in [-0.3, -0.25) is 0 Å². The van der Waals surface area contributed by atoms with Gasteiger partial charge in [0.25, 0.3) is 0 Å². The van der Waals surface area contributed by atoms with Crippen molar-refractivity contribution in [3.8, 4) is 45.3 Å². The first-order valence-electron chi connectivity index (χ1n) is 14.3. The van der Waals surface area contributed by atoms with Crippen LogP contribution >= 0.6 is 11.3 Å². The molecule has 0 aliphatic heterocycles. The second-order valence-electron chi connectivity index (χ2n) is 10.3. The van der Waals surface area contributed by atoms with Gasteiger partial charge in [0.15, 0.2) is 11.5 Å². The fraction of sp³-hybridized carbons (Fsp3) is 0.0526. The first-order chi connectivity index (χ1) is 21.0. The van der Waals surface area contributed by atoms with Crippen LogP contribution in [0.3, 0.4) is 0 Å². The average molecular weight is 581 g/mol. The molecule has 4 nitrogen and oxygen atoms in total. The third kappa shape index (κ3) is 3.89. The van der Waals surface area contributed by atoms with Crippen LogP contribution in [0.2, 0.25) is 0 Å². The van der Waals surface area contributed by atoms with Crippen molar-refractivity contribution in [2.45, 2.75) is 13.8 Å². The fourth-order valence-electron chi connectivity index (χ4n) is 6.23. The summed E-state index contributed by atoms with van der Waals surface area (Å²) in [7, 11) is 0. The number of thiophene rings is 1. The van der Waals surface area contributed by atoms with Crippen molar-refractivity contribution in [1.82, 2.24) is 0 Å². The molecule has 7 aromatic carbocycles. The summed E-state index contributed by atoms with van der Waals surface area (Å²) in [6, 6.07) is 35.9. The highest BCUT2D eigenvalue weighted by Crippen LogP contribution is 2.57. The average Bonchev–Trinajstić information content (AvgIpc) is 3.44. The second-order valence-corrected chi connectivity index (χ2v) is 11.3. The number of rotatable bonds is 2. The maximum atomic E-state index is 11.7. The minimum absolute atomic E-state index is 0.0625. The third-order valence-corrected chi connectivity index (χ3v) is 9.32. The van der Waals surface area contributed by atoms with Gasteiger partial charge in [0.05, 0.1) is 11.1 Å². The Kier molecular flexibility index (Phi) is 6.33. The number of hydrogen-bond donors (Lipinski definition) is 4. The van der Waals surface area contributed by atoms with E-state index in [0.717, 1.165) is 52.5 Å². The molecule has 0 aliphatic rings. The first-order valence-corrected chi connectivity index (χ1v) is 15.1. The molecule has 0 bridgehead atoms. The lowest BCUT2D eigenvalue weighted by Gasteiger charge is -2.17. The van der Waals surface area contributed by atoms with Gasteiger partial charge in [-0.1, -0.05) is 111 Å². The van der Waals surface area contributed by atoms with Gasteiger partial charge < -0.3 is 20.4 Å². The Labute approximate surface area is 252 Å². The molecule has 1 heterocycles. The van der Waals surface area contributed by atoms with E-state index in [2.05, 4.69) is 24.3 Å². The van der Waals surface area contributed by atoms with Crippen molar-refractivity contribution < 1.29 is 20.4 Å². The van der Waals surface area contributed by atoms with E-state index in [0.29, 0.717) is 11.1 Å². The molecule has 0 spiro atoms. The second kappa shape index (κ2) is 10.2. The Morgan fingerprint density at radius 2 is 0.930 bits per heavy atom. The summed E-state index contributed by atoms with van der Waals surface area (Å²) in [4.78, 5) is 0. The monoisotopic (exact) mass is 580 g/mol. The van der Waals surface area contributed by atoms with Crippen LogP contribution in [0.15, 0.2) is 109 Å². The largest absolute Gasteiger partial charge is 0.506 e. The smallest absolute Gasteiger partial charge is 0.201 e. The number of benzene rings is 7. The number of phenols is 4. The Morgan fingerprint density at radius 1 is 0.419 bits per heavy atom. The summed E-state index contributed by atoms with van der Waals surface area (Å²) in [6.07, 6.45) is 0. The van der Waals surface area contributed by atoms with Crippen molar-refractivity contribution in [2.75, 3.05) is 0 Å². The van der Waals surface area contributed by atoms with Gasteiger partial charge in [0.1, 0.15) is 5.75 Å². The Bertz CT molecular complexity index is 2330. The van der Waals surface area contributed by atoms with Gasteiger partial charge in [-0.05, 0) is 50.0 Å². The maximum absolute atomic E-state index is 11.7. The molecule has 0 radical (unpaired) electrons. The Balaban J connectivity index is 0.00000147. The molecule has 43 heavy (non-hydrogen) atoms. The van der Waals surface area contributed by atoms with Gasteiger partial charge in [-0.25, -0.2) is 0 Å². The van der Waals surface area contributed by atoms with E-state index in [9.17, 15) is 20.4 Å². The number of aromatic hydroxyl groups is 4. The van der Waals surface area contributed by atoms with Crippen LogP contribution in [0.25, 0.3) is 74.7 Å². The van der Waals surface area contributed by atoms with Gasteiger partial charge in [-0.2, -0.15) is 0 Å². The summed E-state index contributed by atoms with van der Waals surface area (Å²) >= 11 is 1.55. The topological polar surface area (TPSA) is 80.9 Å². The minimum atomic E-state index is -0.672. The summed E-state index contributed by atoms with van der Waals surface area (Å²) < 4.78 is 1.94. The number of phenolic OH excluding ortho intramolecular Hbond substituents is 4. The molecule has 0 atom stereocenters. The molecular formula is C38H28O4S. The molecule has 0 aliphatic carbocycles. The summed E-state index contributed by atoms with van der Waals surface area (Å²) in [5, 5.41) is 53.3. The van der Waals surface area contributed by atoms with Crippen molar-refractivity contribution in [2.24, 2.45) is 0 Å². The van der Waals surface area contributed by atoms with E-state index in [1.807, 2.05) is 98.8 Å². The van der Waals surface area contributed by atoms with Crippen LogP contribution in [-0.4, -0.2) is 20.4 Å². The Hall–Kier alpha value is -5.26. The fourth-order valence-corrected chi connectivity index (χ4v) is 7.46. The molecule has 0 saturated carbocycles. The first kappa shape index (κ1) is 26.6. The summed E-state index contributed by atoms with van der Waals surface area (Å²) in [5.41, 5.74) is 1.24. The zero-order chi connectivity index (χ0) is 29.8. The minimum Gasteiger partial charge on any atom is -0.506 e. The number of hydrogen-bond acceptors (Lipinski definition) is 5. The van der Waals surface area contributed by atoms with E-state index >= 15 is 0 Å². The molecule has 210 valence electrons. The third-order valence-electron chi connectivity index (χ3n) is 8.10. The van der Waals surface area contributed by atoms with E-state index < -0.39 is 17.2 Å². The molecule has 0 fully saturated rings. The standard InChI is InChI=1S/C36H22O4S.C2H6/c37-32-30(19-16-17-24-22-10-2-1-8-20(22)21-9-3-4-11-23(21)28(24)18-19)33(38)35(40)34(39)31(32)27-14-7-13-26-25-12-5-6-15-29(25)41-36(26)27;1-2/h1-18,37-40H;1-2H3. The molecule has 0 amide bonds. The summed E-state index contributed by atoms with van der Waals surface area (Å²) in [6.45, 7) is 4.00. The highest BCUT2D eigenvalue weighted by Gasteiger charge is 2.27. The lowest BCUT2D eigenvalue weighted by molar-refractivity contribution is 0.364. The molecular weight excluding hydrogens is 552 g/mol.